The molecule has 0 bridgehead atoms. The summed E-state index contributed by atoms with van der Waals surface area (Å²) in [6.07, 6.45) is -0.480. The molecule has 0 spiro atoms. The summed E-state index contributed by atoms with van der Waals surface area (Å²) in [7, 11) is 1.54. The van der Waals surface area contributed by atoms with E-state index in [-0.39, 0.29) is 23.6 Å². The quantitative estimate of drug-likeness (QED) is 0.275. The van der Waals surface area contributed by atoms with E-state index >= 15 is 0 Å². The first-order valence-corrected chi connectivity index (χ1v) is 6.22. The van der Waals surface area contributed by atoms with E-state index in [2.05, 4.69) is 15.1 Å². The Morgan fingerprint density at radius 2 is 2.38 bits per heavy atom. The van der Waals surface area contributed by atoms with Gasteiger partial charge < -0.3 is 4.74 Å². The van der Waals surface area contributed by atoms with Gasteiger partial charge in [-0.1, -0.05) is 5.11 Å². The van der Waals surface area contributed by atoms with Crippen molar-refractivity contribution in [3.05, 3.63) is 32.4 Å². The summed E-state index contributed by atoms with van der Waals surface area (Å²) in [5.74, 6) is -0.320. The number of Topliss-reactive ketones (excluding diaryl/α,β-unsaturated/α-hetero) is 1. The van der Waals surface area contributed by atoms with Gasteiger partial charge in [-0.05, 0) is 19.4 Å². The van der Waals surface area contributed by atoms with Crippen LogP contribution in [0.2, 0.25) is 0 Å². The van der Waals surface area contributed by atoms with Crippen LogP contribution >= 0.6 is 0 Å². The second-order valence-corrected chi connectivity index (χ2v) is 5.03. The van der Waals surface area contributed by atoms with Crippen LogP contribution in [0.5, 0.6) is 0 Å². The highest BCUT2D eigenvalue weighted by atomic mass is 16.6. The zero-order chi connectivity index (χ0) is 15.8. The molecule has 1 aromatic rings. The lowest BCUT2D eigenvalue weighted by Gasteiger charge is -2.37. The maximum atomic E-state index is 12.3. The molecule has 2 rings (SSSR count). The summed E-state index contributed by atoms with van der Waals surface area (Å²) in [6, 6.07) is 0. The van der Waals surface area contributed by atoms with Crippen molar-refractivity contribution in [2.24, 2.45) is 12.2 Å². The molecular formula is C11H14N6O4. The molecule has 0 aliphatic carbocycles. The van der Waals surface area contributed by atoms with E-state index in [0.29, 0.717) is 0 Å². The van der Waals surface area contributed by atoms with Gasteiger partial charge in [0.25, 0.3) is 0 Å². The lowest BCUT2D eigenvalue weighted by atomic mass is 9.84. The highest BCUT2D eigenvalue weighted by Crippen LogP contribution is 2.39. The topological polar surface area (TPSA) is 136 Å². The monoisotopic (exact) mass is 294 g/mol. The number of hydrogen-bond donors (Lipinski definition) is 0. The molecule has 0 saturated carbocycles. The first-order valence-electron chi connectivity index (χ1n) is 6.22. The van der Waals surface area contributed by atoms with E-state index < -0.39 is 22.7 Å². The smallest absolute Gasteiger partial charge is 0.312 e. The number of hydrogen-bond acceptors (Lipinski definition) is 6. The number of nitro groups is 1. The predicted octanol–water partition coefficient (Wildman–Crippen LogP) is 1.82. The zero-order valence-corrected chi connectivity index (χ0v) is 11.8. The molecular weight excluding hydrogens is 280 g/mol. The first-order chi connectivity index (χ1) is 9.81. The summed E-state index contributed by atoms with van der Waals surface area (Å²) >= 11 is 0. The number of aryl methyl sites for hydroxylation is 1. The van der Waals surface area contributed by atoms with E-state index in [1.807, 2.05) is 0 Å². The average molecular weight is 294 g/mol. The molecule has 0 aromatic carbocycles. The van der Waals surface area contributed by atoms with Crippen LogP contribution in [0.1, 0.15) is 32.1 Å². The number of nitrogens with zero attached hydrogens (tertiary/aromatic N) is 6. The minimum Gasteiger partial charge on any atom is -0.367 e. The summed E-state index contributed by atoms with van der Waals surface area (Å²) in [5, 5.41) is 18.4. The predicted molar refractivity (Wildman–Crippen MR) is 70.3 cm³/mol. The second-order valence-electron chi connectivity index (χ2n) is 5.03. The fourth-order valence-electron chi connectivity index (χ4n) is 2.37. The van der Waals surface area contributed by atoms with E-state index in [1.54, 1.807) is 14.0 Å². The minimum absolute atomic E-state index is 0.111. The van der Waals surface area contributed by atoms with Gasteiger partial charge in [-0.25, -0.2) is 0 Å². The van der Waals surface area contributed by atoms with Crippen molar-refractivity contribution < 1.29 is 14.5 Å². The van der Waals surface area contributed by atoms with Crippen LogP contribution in [0.3, 0.4) is 0 Å². The highest BCUT2D eigenvalue weighted by molar-refractivity contribution is 5.90. The molecule has 112 valence electrons. The Morgan fingerprint density at radius 3 is 2.90 bits per heavy atom. The van der Waals surface area contributed by atoms with Crippen molar-refractivity contribution in [1.82, 2.24) is 9.78 Å². The van der Waals surface area contributed by atoms with Gasteiger partial charge in [0, 0.05) is 18.4 Å². The van der Waals surface area contributed by atoms with Gasteiger partial charge >= 0.3 is 5.69 Å². The molecule has 0 N–H and O–H groups in total. The van der Waals surface area contributed by atoms with Gasteiger partial charge in [0.05, 0.1) is 11.0 Å². The SMILES string of the molecule is C[C@H]1O[C@@H](c2c([N+](=O)[O-])cnn2C)CC(=O)[C@@]1(C)N=[N+]=[N-]. The standard InChI is InChI=1S/C11H14N6O4/c1-6-11(2,14-15-12)9(18)4-8(21-6)10-7(17(19)20)5-13-16(10)3/h5-6,8H,4H2,1-3H3/t6-,8-,11+/m1/s1. The van der Waals surface area contributed by atoms with Crippen LogP contribution in [0.4, 0.5) is 5.69 Å². The number of rotatable bonds is 3. The maximum absolute atomic E-state index is 12.3. The minimum atomic E-state index is -1.31. The molecule has 1 saturated heterocycles. The van der Waals surface area contributed by atoms with Gasteiger partial charge in [-0.15, -0.1) is 0 Å². The van der Waals surface area contributed by atoms with Gasteiger partial charge in [-0.3, -0.25) is 19.6 Å². The molecule has 1 aromatic heterocycles. The molecule has 21 heavy (non-hydrogen) atoms. The summed E-state index contributed by atoms with van der Waals surface area (Å²) in [4.78, 5) is 25.4. The fourth-order valence-corrected chi connectivity index (χ4v) is 2.37. The molecule has 1 fully saturated rings. The number of ether oxygens (including phenoxy) is 1. The molecule has 10 nitrogen and oxygen atoms in total. The molecule has 2 heterocycles. The first kappa shape index (κ1) is 14.9. The van der Waals surface area contributed by atoms with Crippen molar-refractivity contribution in [1.29, 1.82) is 0 Å². The normalized spacial score (nSPS) is 29.0. The van der Waals surface area contributed by atoms with Crippen molar-refractivity contribution in [2.45, 2.75) is 38.0 Å². The van der Waals surface area contributed by atoms with Crippen LogP contribution < -0.4 is 0 Å². The van der Waals surface area contributed by atoms with E-state index in [4.69, 9.17) is 10.3 Å². The maximum Gasteiger partial charge on any atom is 0.312 e. The molecule has 0 amide bonds. The van der Waals surface area contributed by atoms with Gasteiger partial charge in [0.2, 0.25) is 0 Å². The third kappa shape index (κ3) is 2.34. The Morgan fingerprint density at radius 1 is 1.71 bits per heavy atom. The Hall–Kier alpha value is -2.45. The Bertz CT molecular complexity index is 649. The summed E-state index contributed by atoms with van der Waals surface area (Å²) in [5.41, 5.74) is 7.30. The molecule has 0 unspecified atom stereocenters. The average Bonchev–Trinajstić information content (AvgIpc) is 2.78. The molecule has 1 aliphatic heterocycles. The van der Waals surface area contributed by atoms with E-state index in [0.717, 1.165) is 6.20 Å². The van der Waals surface area contributed by atoms with Crippen LogP contribution in [0.15, 0.2) is 11.3 Å². The van der Waals surface area contributed by atoms with Crippen molar-refractivity contribution in [3.8, 4) is 0 Å². The highest BCUT2D eigenvalue weighted by Gasteiger charge is 2.47. The summed E-state index contributed by atoms with van der Waals surface area (Å²) < 4.78 is 7.01. The Kier molecular flexibility index (Phi) is 3.67. The van der Waals surface area contributed by atoms with Gasteiger partial charge in [0.1, 0.15) is 29.3 Å². The van der Waals surface area contributed by atoms with E-state index in [9.17, 15) is 14.9 Å². The largest absolute Gasteiger partial charge is 0.367 e. The fraction of sp³-hybridized carbons (Fsp3) is 0.636. The van der Waals surface area contributed by atoms with Crippen molar-refractivity contribution in [2.75, 3.05) is 0 Å². The van der Waals surface area contributed by atoms with Crippen LogP contribution in [0, 0.1) is 10.1 Å². The molecule has 10 heteroatoms. The van der Waals surface area contributed by atoms with Crippen LogP contribution in [-0.4, -0.2) is 32.1 Å². The van der Waals surface area contributed by atoms with Gasteiger partial charge in [-0.2, -0.15) is 5.10 Å². The second kappa shape index (κ2) is 5.15. The number of aromatic nitrogens is 2. The van der Waals surface area contributed by atoms with Crippen LogP contribution in [-0.2, 0) is 16.6 Å². The zero-order valence-electron chi connectivity index (χ0n) is 11.8. The number of carbonyl (C=O) groups excluding carboxylic acids is 1. The lowest BCUT2D eigenvalue weighted by molar-refractivity contribution is -0.386. The molecule has 0 radical (unpaired) electrons. The third-order valence-corrected chi connectivity index (χ3v) is 3.81. The van der Waals surface area contributed by atoms with E-state index in [1.165, 1.54) is 11.6 Å². The Balaban J connectivity index is 2.39. The third-order valence-electron chi connectivity index (χ3n) is 3.81. The Labute approximate surface area is 119 Å². The van der Waals surface area contributed by atoms with Gasteiger partial charge in [0.15, 0.2) is 0 Å². The number of ketones is 1. The number of azide groups is 1. The lowest BCUT2D eigenvalue weighted by Crippen LogP contribution is -2.50. The van der Waals surface area contributed by atoms with Crippen molar-refractivity contribution >= 4 is 11.5 Å². The molecule has 3 atom stereocenters. The molecule has 1 aliphatic rings. The number of carbonyl (C=O) groups is 1. The van der Waals surface area contributed by atoms with Crippen LogP contribution in [0.25, 0.3) is 10.4 Å². The van der Waals surface area contributed by atoms with Crippen molar-refractivity contribution in [3.63, 3.8) is 0 Å². The summed E-state index contributed by atoms with van der Waals surface area (Å²) in [6.45, 7) is 3.09.